The first-order chi connectivity index (χ1) is 9.21. The quantitative estimate of drug-likeness (QED) is 0.785. The number of ether oxygens (including phenoxy) is 1. The Labute approximate surface area is 115 Å². The molecular formula is C15H26N2O2. The highest BCUT2D eigenvalue weighted by Crippen LogP contribution is 2.31. The van der Waals surface area contributed by atoms with Crippen molar-refractivity contribution in [3.05, 3.63) is 0 Å². The molecule has 3 atom stereocenters. The molecule has 0 radical (unpaired) electrons. The van der Waals surface area contributed by atoms with E-state index in [2.05, 4.69) is 17.1 Å². The zero-order chi connectivity index (χ0) is 13.3. The second-order valence-electron chi connectivity index (χ2n) is 6.48. The van der Waals surface area contributed by atoms with Crippen molar-refractivity contribution >= 4 is 5.91 Å². The van der Waals surface area contributed by atoms with Crippen LogP contribution in [0.15, 0.2) is 0 Å². The van der Waals surface area contributed by atoms with Gasteiger partial charge in [-0.3, -0.25) is 4.79 Å². The summed E-state index contributed by atoms with van der Waals surface area (Å²) in [6.07, 6.45) is 8.34. The molecule has 4 heteroatoms. The molecule has 108 valence electrons. The van der Waals surface area contributed by atoms with Crippen molar-refractivity contribution in [2.75, 3.05) is 19.7 Å². The van der Waals surface area contributed by atoms with E-state index in [1.165, 1.54) is 19.3 Å². The Morgan fingerprint density at radius 1 is 1.26 bits per heavy atom. The summed E-state index contributed by atoms with van der Waals surface area (Å²) in [5.41, 5.74) is -0.336. The van der Waals surface area contributed by atoms with Gasteiger partial charge in [-0.15, -0.1) is 0 Å². The highest BCUT2D eigenvalue weighted by molar-refractivity contribution is 5.86. The van der Waals surface area contributed by atoms with E-state index in [1.807, 2.05) is 0 Å². The Bertz CT molecular complexity index is 337. The van der Waals surface area contributed by atoms with Gasteiger partial charge in [-0.05, 0) is 45.6 Å². The van der Waals surface area contributed by atoms with Gasteiger partial charge in [-0.25, -0.2) is 0 Å². The monoisotopic (exact) mass is 266 g/mol. The molecule has 0 bridgehead atoms. The predicted octanol–water partition coefficient (Wildman–Crippen LogP) is 1.69. The van der Waals surface area contributed by atoms with Crippen LogP contribution in [0, 0.1) is 0 Å². The van der Waals surface area contributed by atoms with Gasteiger partial charge in [-0.2, -0.15) is 0 Å². The number of piperidine rings is 1. The van der Waals surface area contributed by atoms with Crippen molar-refractivity contribution in [3.63, 3.8) is 0 Å². The van der Waals surface area contributed by atoms with Crippen LogP contribution in [0.5, 0.6) is 0 Å². The molecule has 1 aliphatic carbocycles. The van der Waals surface area contributed by atoms with Gasteiger partial charge < -0.3 is 15.0 Å². The fourth-order valence-corrected chi connectivity index (χ4v) is 3.90. The van der Waals surface area contributed by atoms with Crippen LogP contribution in [0.25, 0.3) is 0 Å². The molecule has 1 saturated carbocycles. The van der Waals surface area contributed by atoms with E-state index in [0.717, 1.165) is 38.8 Å². The second kappa shape index (κ2) is 5.41. The Kier molecular flexibility index (Phi) is 3.81. The third kappa shape index (κ3) is 2.52. The summed E-state index contributed by atoms with van der Waals surface area (Å²) in [6.45, 7) is 4.54. The van der Waals surface area contributed by atoms with E-state index in [-0.39, 0.29) is 5.54 Å². The van der Waals surface area contributed by atoms with Crippen molar-refractivity contribution in [1.29, 1.82) is 0 Å². The number of nitrogens with zero attached hydrogens (tertiary/aromatic N) is 1. The molecule has 1 N–H and O–H groups in total. The number of hydrogen-bond acceptors (Lipinski definition) is 3. The van der Waals surface area contributed by atoms with Gasteiger partial charge in [0.15, 0.2) is 0 Å². The molecule has 3 fully saturated rings. The van der Waals surface area contributed by atoms with Crippen molar-refractivity contribution in [3.8, 4) is 0 Å². The van der Waals surface area contributed by atoms with Crippen molar-refractivity contribution in [2.45, 2.75) is 69.6 Å². The molecule has 0 spiro atoms. The first-order valence-electron chi connectivity index (χ1n) is 7.88. The van der Waals surface area contributed by atoms with E-state index in [4.69, 9.17) is 4.74 Å². The fraction of sp³-hybridized carbons (Fsp3) is 0.933. The fourth-order valence-electron chi connectivity index (χ4n) is 3.90. The minimum Gasteiger partial charge on any atom is -0.374 e. The van der Waals surface area contributed by atoms with Crippen molar-refractivity contribution in [2.24, 2.45) is 0 Å². The minimum atomic E-state index is -0.336. The van der Waals surface area contributed by atoms with Crippen LogP contribution in [0.3, 0.4) is 0 Å². The third-order valence-corrected chi connectivity index (χ3v) is 5.08. The average Bonchev–Trinajstić information content (AvgIpc) is 2.47. The molecule has 3 rings (SSSR count). The standard InChI is InChI=1S/C15H26N2O2/c1-15(8-4-5-9-16-15)14(18)17-10-11-19-13-7-3-2-6-12(13)17/h12-13,16H,2-11H2,1H3. The molecular weight excluding hydrogens is 240 g/mol. The summed E-state index contributed by atoms with van der Waals surface area (Å²) in [5, 5.41) is 3.46. The van der Waals surface area contributed by atoms with Crippen LogP contribution in [0.4, 0.5) is 0 Å². The topological polar surface area (TPSA) is 41.6 Å². The third-order valence-electron chi connectivity index (χ3n) is 5.08. The van der Waals surface area contributed by atoms with Gasteiger partial charge in [0.25, 0.3) is 0 Å². The smallest absolute Gasteiger partial charge is 0.243 e. The molecule has 0 aromatic rings. The summed E-state index contributed by atoms with van der Waals surface area (Å²) in [4.78, 5) is 15.1. The van der Waals surface area contributed by atoms with Gasteiger partial charge in [0.2, 0.25) is 5.91 Å². The maximum absolute atomic E-state index is 12.9. The highest BCUT2D eigenvalue weighted by Gasteiger charge is 2.43. The Morgan fingerprint density at radius 2 is 2.11 bits per heavy atom. The number of carbonyl (C=O) groups excluding carboxylic acids is 1. The molecule has 2 aliphatic heterocycles. The van der Waals surface area contributed by atoms with Crippen molar-refractivity contribution in [1.82, 2.24) is 10.2 Å². The van der Waals surface area contributed by atoms with Crippen LogP contribution in [-0.4, -0.2) is 48.2 Å². The maximum Gasteiger partial charge on any atom is 0.243 e. The lowest BCUT2D eigenvalue weighted by molar-refractivity contribution is -0.156. The number of fused-ring (bicyclic) bond motifs is 1. The lowest BCUT2D eigenvalue weighted by atomic mass is 9.85. The molecule has 0 aromatic heterocycles. The summed E-state index contributed by atoms with van der Waals surface area (Å²) in [6, 6.07) is 0.329. The zero-order valence-electron chi connectivity index (χ0n) is 12.0. The second-order valence-corrected chi connectivity index (χ2v) is 6.48. The number of rotatable bonds is 1. The Hall–Kier alpha value is -0.610. The number of amides is 1. The zero-order valence-corrected chi connectivity index (χ0v) is 12.0. The Morgan fingerprint density at radius 3 is 2.89 bits per heavy atom. The predicted molar refractivity (Wildman–Crippen MR) is 74.0 cm³/mol. The van der Waals surface area contributed by atoms with Gasteiger partial charge in [0.1, 0.15) is 0 Å². The lowest BCUT2D eigenvalue weighted by Gasteiger charge is -2.47. The van der Waals surface area contributed by atoms with E-state index in [1.54, 1.807) is 0 Å². The molecule has 4 nitrogen and oxygen atoms in total. The van der Waals surface area contributed by atoms with E-state index in [0.29, 0.717) is 24.7 Å². The van der Waals surface area contributed by atoms with E-state index < -0.39 is 0 Å². The Balaban J connectivity index is 1.74. The van der Waals surface area contributed by atoms with Crippen LogP contribution < -0.4 is 5.32 Å². The number of morpholine rings is 1. The van der Waals surface area contributed by atoms with Gasteiger partial charge in [0, 0.05) is 6.54 Å². The van der Waals surface area contributed by atoms with Crippen LogP contribution in [-0.2, 0) is 9.53 Å². The SMILES string of the molecule is CC1(C(=O)N2CCOC3CCCCC32)CCCCN1. The lowest BCUT2D eigenvalue weighted by Crippen LogP contribution is -2.64. The van der Waals surface area contributed by atoms with Crippen LogP contribution in [0.1, 0.15) is 51.9 Å². The molecule has 19 heavy (non-hydrogen) atoms. The molecule has 2 heterocycles. The summed E-state index contributed by atoms with van der Waals surface area (Å²) in [7, 11) is 0. The number of nitrogens with one attached hydrogen (secondary N) is 1. The van der Waals surface area contributed by atoms with Crippen molar-refractivity contribution < 1.29 is 9.53 Å². The number of hydrogen-bond donors (Lipinski definition) is 1. The summed E-state index contributed by atoms with van der Waals surface area (Å²) < 4.78 is 5.87. The molecule has 3 unspecified atom stereocenters. The minimum absolute atomic E-state index is 0.290. The van der Waals surface area contributed by atoms with E-state index >= 15 is 0 Å². The highest BCUT2D eigenvalue weighted by atomic mass is 16.5. The normalized spacial score (nSPS) is 39.7. The summed E-state index contributed by atoms with van der Waals surface area (Å²) in [5.74, 6) is 0.312. The van der Waals surface area contributed by atoms with Crippen LogP contribution >= 0.6 is 0 Å². The first-order valence-corrected chi connectivity index (χ1v) is 7.88. The first kappa shape index (κ1) is 13.4. The molecule has 1 amide bonds. The van der Waals surface area contributed by atoms with Gasteiger partial charge in [-0.1, -0.05) is 12.8 Å². The van der Waals surface area contributed by atoms with Gasteiger partial charge >= 0.3 is 0 Å². The largest absolute Gasteiger partial charge is 0.374 e. The van der Waals surface area contributed by atoms with Gasteiger partial charge in [0.05, 0.1) is 24.3 Å². The number of carbonyl (C=O) groups is 1. The summed E-state index contributed by atoms with van der Waals surface area (Å²) >= 11 is 0. The average molecular weight is 266 g/mol. The molecule has 3 aliphatic rings. The van der Waals surface area contributed by atoms with Crippen LogP contribution in [0.2, 0.25) is 0 Å². The van der Waals surface area contributed by atoms with E-state index in [9.17, 15) is 4.79 Å². The molecule has 0 aromatic carbocycles. The molecule has 2 saturated heterocycles. The maximum atomic E-state index is 12.9.